The van der Waals surface area contributed by atoms with Crippen molar-refractivity contribution in [2.24, 2.45) is 0 Å². The number of hydrogen-bond donors (Lipinski definition) is 1. The third-order valence-corrected chi connectivity index (χ3v) is 5.28. The van der Waals surface area contributed by atoms with Gasteiger partial charge in [0.15, 0.2) is 12.4 Å². The van der Waals surface area contributed by atoms with Gasteiger partial charge in [0.05, 0.1) is 5.69 Å². The molecule has 1 aromatic heterocycles. The van der Waals surface area contributed by atoms with Gasteiger partial charge in [-0.15, -0.1) is 11.8 Å². The summed E-state index contributed by atoms with van der Waals surface area (Å²) in [4.78, 5) is 37.1. The zero-order valence-electron chi connectivity index (χ0n) is 16.0. The Morgan fingerprint density at radius 2 is 1.93 bits per heavy atom. The number of ether oxygens (including phenoxy) is 1. The lowest BCUT2D eigenvalue weighted by Crippen LogP contribution is -2.15. The van der Waals surface area contributed by atoms with E-state index >= 15 is 0 Å². The second-order valence-electron chi connectivity index (χ2n) is 6.29. The molecular formula is C21H18ClNO5S. The summed E-state index contributed by atoms with van der Waals surface area (Å²) in [5, 5.41) is 3.93. The number of fused-ring (bicyclic) bond motifs is 1. The first-order chi connectivity index (χ1) is 13.8. The van der Waals surface area contributed by atoms with Crippen molar-refractivity contribution in [3.63, 3.8) is 0 Å². The Bertz CT molecular complexity index is 1120. The number of anilines is 1. The van der Waals surface area contributed by atoms with Gasteiger partial charge in [-0.2, -0.15) is 0 Å². The third kappa shape index (κ3) is 4.63. The van der Waals surface area contributed by atoms with E-state index in [1.807, 2.05) is 6.26 Å². The molecule has 0 radical (unpaired) electrons. The zero-order valence-corrected chi connectivity index (χ0v) is 17.6. The lowest BCUT2D eigenvalue weighted by atomic mass is 10.1. The number of carbonyl (C=O) groups excluding carboxylic acids is 3. The van der Waals surface area contributed by atoms with Crippen LogP contribution in [0.3, 0.4) is 0 Å². The number of carbonyl (C=O) groups is 3. The lowest BCUT2D eigenvalue weighted by Gasteiger charge is -2.10. The van der Waals surface area contributed by atoms with Crippen LogP contribution in [-0.2, 0) is 9.53 Å². The van der Waals surface area contributed by atoms with Crippen molar-refractivity contribution in [1.82, 2.24) is 0 Å². The molecule has 3 rings (SSSR count). The van der Waals surface area contributed by atoms with E-state index in [2.05, 4.69) is 5.32 Å². The molecular weight excluding hydrogens is 414 g/mol. The van der Waals surface area contributed by atoms with Gasteiger partial charge in [0.1, 0.15) is 5.58 Å². The van der Waals surface area contributed by atoms with Gasteiger partial charge in [0.2, 0.25) is 11.7 Å². The van der Waals surface area contributed by atoms with Crippen molar-refractivity contribution in [3.8, 4) is 0 Å². The van der Waals surface area contributed by atoms with Crippen LogP contribution in [-0.4, -0.2) is 30.5 Å². The average molecular weight is 432 g/mol. The zero-order chi connectivity index (χ0) is 21.1. The van der Waals surface area contributed by atoms with Gasteiger partial charge < -0.3 is 14.5 Å². The first-order valence-electron chi connectivity index (χ1n) is 8.64. The molecule has 29 heavy (non-hydrogen) atoms. The van der Waals surface area contributed by atoms with E-state index in [1.165, 1.54) is 18.7 Å². The fraction of sp³-hybridized carbons (Fsp3) is 0.190. The number of amides is 1. The van der Waals surface area contributed by atoms with E-state index < -0.39 is 18.4 Å². The molecule has 0 saturated carbocycles. The van der Waals surface area contributed by atoms with E-state index in [9.17, 15) is 14.4 Å². The highest BCUT2D eigenvalue weighted by Gasteiger charge is 2.21. The number of hydrogen-bond acceptors (Lipinski definition) is 6. The molecule has 8 heteroatoms. The van der Waals surface area contributed by atoms with Gasteiger partial charge in [-0.25, -0.2) is 4.79 Å². The summed E-state index contributed by atoms with van der Waals surface area (Å²) in [7, 11) is 0. The highest BCUT2D eigenvalue weighted by molar-refractivity contribution is 7.98. The summed E-state index contributed by atoms with van der Waals surface area (Å²) in [6, 6.07) is 9.96. The van der Waals surface area contributed by atoms with Crippen LogP contribution in [0.4, 0.5) is 5.69 Å². The number of ketones is 1. The molecule has 3 aromatic rings. The normalized spacial score (nSPS) is 10.8. The maximum atomic E-state index is 12.5. The van der Waals surface area contributed by atoms with Crippen LogP contribution in [0.1, 0.15) is 33.4 Å². The molecule has 0 spiro atoms. The molecule has 0 aliphatic rings. The summed E-state index contributed by atoms with van der Waals surface area (Å²) in [6.45, 7) is 2.67. The average Bonchev–Trinajstić information content (AvgIpc) is 3.01. The standard InChI is InChI=1S/C21H18ClNO5S/c1-11-15-9-14(22)5-6-18(15)28-20(11)21(26)27-10-17(25)13-4-7-19(29-3)16(8-13)23-12(2)24/h4-9H,10H2,1-3H3,(H,23,24). The molecule has 0 atom stereocenters. The van der Waals surface area contributed by atoms with E-state index in [-0.39, 0.29) is 11.7 Å². The van der Waals surface area contributed by atoms with E-state index in [0.717, 1.165) is 4.90 Å². The monoisotopic (exact) mass is 431 g/mol. The maximum Gasteiger partial charge on any atom is 0.375 e. The van der Waals surface area contributed by atoms with Gasteiger partial charge in [0.25, 0.3) is 0 Å². The first kappa shape index (κ1) is 21.0. The van der Waals surface area contributed by atoms with Crippen molar-refractivity contribution in [1.29, 1.82) is 0 Å². The van der Waals surface area contributed by atoms with Crippen LogP contribution >= 0.6 is 23.4 Å². The van der Waals surface area contributed by atoms with Crippen molar-refractivity contribution in [2.75, 3.05) is 18.2 Å². The molecule has 0 fully saturated rings. The quantitative estimate of drug-likeness (QED) is 0.331. The Morgan fingerprint density at radius 1 is 1.17 bits per heavy atom. The molecule has 0 unspecified atom stereocenters. The number of nitrogens with one attached hydrogen (secondary N) is 1. The molecule has 0 bridgehead atoms. The van der Waals surface area contributed by atoms with Crippen LogP contribution in [0.5, 0.6) is 0 Å². The summed E-state index contributed by atoms with van der Waals surface area (Å²) >= 11 is 7.43. The van der Waals surface area contributed by atoms with Gasteiger partial charge in [-0.1, -0.05) is 17.7 Å². The highest BCUT2D eigenvalue weighted by Crippen LogP contribution is 2.29. The largest absolute Gasteiger partial charge is 0.451 e. The topological polar surface area (TPSA) is 85.6 Å². The van der Waals surface area contributed by atoms with Crippen molar-refractivity contribution < 1.29 is 23.5 Å². The number of aryl methyl sites for hydroxylation is 1. The van der Waals surface area contributed by atoms with E-state index in [4.69, 9.17) is 20.8 Å². The number of halogens is 1. The lowest BCUT2D eigenvalue weighted by molar-refractivity contribution is -0.114. The van der Waals surface area contributed by atoms with Crippen molar-refractivity contribution in [3.05, 3.63) is 58.3 Å². The molecule has 1 heterocycles. The summed E-state index contributed by atoms with van der Waals surface area (Å²) in [5.74, 6) is -1.33. The molecule has 6 nitrogen and oxygen atoms in total. The molecule has 0 aliphatic heterocycles. The Labute approximate surface area is 176 Å². The molecule has 0 aliphatic carbocycles. The van der Waals surface area contributed by atoms with Crippen LogP contribution in [0, 0.1) is 6.92 Å². The van der Waals surface area contributed by atoms with E-state index in [1.54, 1.807) is 43.3 Å². The first-order valence-corrected chi connectivity index (χ1v) is 10.2. The predicted molar refractivity (Wildman–Crippen MR) is 113 cm³/mol. The second kappa shape index (κ2) is 8.71. The highest BCUT2D eigenvalue weighted by atomic mass is 35.5. The van der Waals surface area contributed by atoms with Gasteiger partial charge in [-0.05, 0) is 43.5 Å². The molecule has 1 amide bonds. The Balaban J connectivity index is 1.74. The van der Waals surface area contributed by atoms with Gasteiger partial charge in [-0.3, -0.25) is 9.59 Å². The molecule has 2 aromatic carbocycles. The molecule has 0 saturated heterocycles. The van der Waals surface area contributed by atoms with Gasteiger partial charge >= 0.3 is 5.97 Å². The van der Waals surface area contributed by atoms with Crippen LogP contribution in [0.2, 0.25) is 5.02 Å². The Kier molecular flexibility index (Phi) is 6.30. The second-order valence-corrected chi connectivity index (χ2v) is 7.58. The van der Waals surface area contributed by atoms with Crippen molar-refractivity contribution >= 4 is 57.7 Å². The van der Waals surface area contributed by atoms with Crippen LogP contribution in [0.25, 0.3) is 11.0 Å². The number of thioether (sulfide) groups is 1. The predicted octanol–water partition coefficient (Wildman–Crippen LogP) is 5.11. The number of esters is 1. The van der Waals surface area contributed by atoms with Crippen molar-refractivity contribution in [2.45, 2.75) is 18.7 Å². The minimum atomic E-state index is -0.731. The fourth-order valence-electron chi connectivity index (χ4n) is 2.84. The number of Topliss-reactive ketones (excluding diaryl/α,β-unsaturated/α-hetero) is 1. The fourth-order valence-corrected chi connectivity index (χ4v) is 3.54. The number of rotatable bonds is 6. The minimum Gasteiger partial charge on any atom is -0.451 e. The maximum absolute atomic E-state index is 12.5. The molecule has 1 N–H and O–H groups in total. The third-order valence-electron chi connectivity index (χ3n) is 4.25. The SMILES string of the molecule is CSc1ccc(C(=O)COC(=O)c2oc3ccc(Cl)cc3c2C)cc1NC(C)=O. The summed E-state index contributed by atoms with van der Waals surface area (Å²) in [6.07, 6.45) is 1.87. The minimum absolute atomic E-state index is 0.0340. The van der Waals surface area contributed by atoms with Crippen LogP contribution < -0.4 is 5.32 Å². The van der Waals surface area contributed by atoms with E-state index in [0.29, 0.717) is 32.8 Å². The Hall–Kier alpha value is -2.77. The number of furan rings is 1. The van der Waals surface area contributed by atoms with Crippen LogP contribution in [0.15, 0.2) is 45.7 Å². The molecule has 150 valence electrons. The van der Waals surface area contributed by atoms with Gasteiger partial charge in [0, 0.05) is 33.4 Å². The summed E-state index contributed by atoms with van der Waals surface area (Å²) in [5.41, 5.74) is 1.97. The summed E-state index contributed by atoms with van der Waals surface area (Å²) < 4.78 is 10.7. The number of benzene rings is 2. The Morgan fingerprint density at radius 3 is 2.62 bits per heavy atom. The smallest absolute Gasteiger partial charge is 0.375 e.